The van der Waals surface area contributed by atoms with Crippen LogP contribution < -0.4 is 5.73 Å². The molecule has 1 aromatic carbocycles. The summed E-state index contributed by atoms with van der Waals surface area (Å²) in [5, 5.41) is 6.71. The van der Waals surface area contributed by atoms with Gasteiger partial charge in [0, 0.05) is 5.02 Å². The lowest BCUT2D eigenvalue weighted by Crippen LogP contribution is -2.15. The van der Waals surface area contributed by atoms with Gasteiger partial charge in [-0.2, -0.15) is 5.10 Å². The van der Waals surface area contributed by atoms with Crippen molar-refractivity contribution < 1.29 is 4.39 Å². The van der Waals surface area contributed by atoms with Crippen LogP contribution in [0.25, 0.3) is 0 Å². The lowest BCUT2D eigenvalue weighted by molar-refractivity contribution is 0.585. The minimum Gasteiger partial charge on any atom is -0.321 e. The Kier molecular flexibility index (Phi) is 3.17. The number of nitrogens with one attached hydrogen (secondary N) is 1. The van der Waals surface area contributed by atoms with Crippen LogP contribution in [0.1, 0.15) is 17.4 Å². The van der Waals surface area contributed by atoms with E-state index in [1.165, 1.54) is 12.4 Å². The van der Waals surface area contributed by atoms with Crippen LogP contribution in [0.5, 0.6) is 0 Å². The number of halogens is 2. The molecule has 2 rings (SSSR count). The number of H-pyrrole nitrogens is 1. The molecule has 0 fully saturated rings. The van der Waals surface area contributed by atoms with Gasteiger partial charge in [0.2, 0.25) is 0 Å². The first-order valence-electron chi connectivity index (χ1n) is 4.71. The van der Waals surface area contributed by atoms with Gasteiger partial charge in [0.15, 0.2) is 0 Å². The highest BCUT2D eigenvalue weighted by Crippen LogP contribution is 2.18. The van der Waals surface area contributed by atoms with Gasteiger partial charge in [0.1, 0.15) is 18.0 Å². The van der Waals surface area contributed by atoms with Crippen LogP contribution in [0.2, 0.25) is 5.02 Å². The Bertz CT molecular complexity index is 472. The highest BCUT2D eigenvalue weighted by molar-refractivity contribution is 6.30. The molecule has 1 aromatic heterocycles. The first-order chi connectivity index (χ1) is 7.66. The van der Waals surface area contributed by atoms with Gasteiger partial charge in [-0.05, 0) is 24.1 Å². The Morgan fingerprint density at radius 1 is 1.50 bits per heavy atom. The van der Waals surface area contributed by atoms with Crippen molar-refractivity contribution in [1.82, 2.24) is 15.2 Å². The third-order valence-electron chi connectivity index (χ3n) is 2.24. The van der Waals surface area contributed by atoms with Crippen molar-refractivity contribution in [2.75, 3.05) is 0 Å². The maximum Gasteiger partial charge on any atom is 0.141 e. The van der Waals surface area contributed by atoms with Crippen LogP contribution in [-0.4, -0.2) is 15.2 Å². The summed E-state index contributed by atoms with van der Waals surface area (Å²) in [5.41, 5.74) is 6.35. The SMILES string of the molecule is NC(Cc1ccc(Cl)cc1F)c1ncn[nH]1. The number of aromatic amines is 1. The van der Waals surface area contributed by atoms with Gasteiger partial charge in [-0.1, -0.05) is 17.7 Å². The third-order valence-corrected chi connectivity index (χ3v) is 2.47. The van der Waals surface area contributed by atoms with Crippen LogP contribution >= 0.6 is 11.6 Å². The fraction of sp³-hybridized carbons (Fsp3) is 0.200. The Labute approximate surface area is 96.6 Å². The summed E-state index contributed by atoms with van der Waals surface area (Å²) in [5.74, 6) is 0.178. The predicted molar refractivity (Wildman–Crippen MR) is 58.4 cm³/mol. The van der Waals surface area contributed by atoms with Gasteiger partial charge in [-0.15, -0.1) is 0 Å². The van der Waals surface area contributed by atoms with Crippen molar-refractivity contribution in [1.29, 1.82) is 0 Å². The van der Waals surface area contributed by atoms with Crippen molar-refractivity contribution in [3.8, 4) is 0 Å². The maximum atomic E-state index is 13.5. The number of nitrogens with zero attached hydrogens (tertiary/aromatic N) is 2. The third kappa shape index (κ3) is 2.37. The normalized spacial score (nSPS) is 12.7. The van der Waals surface area contributed by atoms with Crippen molar-refractivity contribution in [2.24, 2.45) is 5.73 Å². The average molecular weight is 241 g/mol. The van der Waals surface area contributed by atoms with Crippen LogP contribution in [0.15, 0.2) is 24.5 Å². The second kappa shape index (κ2) is 4.59. The molecule has 0 spiro atoms. The van der Waals surface area contributed by atoms with Gasteiger partial charge in [-0.25, -0.2) is 9.37 Å². The molecule has 4 nitrogen and oxygen atoms in total. The summed E-state index contributed by atoms with van der Waals surface area (Å²) in [4.78, 5) is 3.92. The van der Waals surface area contributed by atoms with E-state index in [0.717, 1.165) is 0 Å². The molecule has 1 heterocycles. The molecule has 0 saturated heterocycles. The first-order valence-corrected chi connectivity index (χ1v) is 5.09. The lowest BCUT2D eigenvalue weighted by Gasteiger charge is -2.09. The second-order valence-electron chi connectivity index (χ2n) is 3.42. The van der Waals surface area contributed by atoms with Crippen LogP contribution in [-0.2, 0) is 6.42 Å². The Morgan fingerprint density at radius 3 is 2.94 bits per heavy atom. The number of hydrogen-bond acceptors (Lipinski definition) is 3. The fourth-order valence-electron chi connectivity index (χ4n) is 1.41. The zero-order valence-corrected chi connectivity index (χ0v) is 9.08. The van der Waals surface area contributed by atoms with Crippen LogP contribution in [0.3, 0.4) is 0 Å². The first kappa shape index (κ1) is 11.0. The number of rotatable bonds is 3. The molecule has 84 valence electrons. The zero-order valence-electron chi connectivity index (χ0n) is 8.32. The Morgan fingerprint density at radius 2 is 2.31 bits per heavy atom. The molecule has 0 saturated carbocycles. The van der Waals surface area contributed by atoms with Crippen LogP contribution in [0, 0.1) is 5.82 Å². The lowest BCUT2D eigenvalue weighted by atomic mass is 10.1. The van der Waals surface area contributed by atoms with Gasteiger partial charge in [0.25, 0.3) is 0 Å². The molecular weight excluding hydrogens is 231 g/mol. The quantitative estimate of drug-likeness (QED) is 0.860. The van der Waals surface area contributed by atoms with Gasteiger partial charge in [-0.3, -0.25) is 5.10 Å². The summed E-state index contributed by atoms with van der Waals surface area (Å²) >= 11 is 5.65. The van der Waals surface area contributed by atoms with E-state index in [9.17, 15) is 4.39 Å². The Hall–Kier alpha value is -1.46. The number of benzene rings is 1. The number of aromatic nitrogens is 3. The van der Waals surface area contributed by atoms with E-state index in [2.05, 4.69) is 15.2 Å². The van der Waals surface area contributed by atoms with Crippen molar-refractivity contribution in [3.05, 3.63) is 46.8 Å². The highest BCUT2D eigenvalue weighted by atomic mass is 35.5. The summed E-state index contributed by atoms with van der Waals surface area (Å²) in [6.45, 7) is 0. The molecule has 2 aromatic rings. The van der Waals surface area contributed by atoms with E-state index < -0.39 is 6.04 Å². The van der Waals surface area contributed by atoms with Gasteiger partial charge in [0.05, 0.1) is 6.04 Å². The molecule has 1 unspecified atom stereocenters. The van der Waals surface area contributed by atoms with Crippen molar-refractivity contribution in [2.45, 2.75) is 12.5 Å². The van der Waals surface area contributed by atoms with Crippen molar-refractivity contribution in [3.63, 3.8) is 0 Å². The summed E-state index contributed by atoms with van der Waals surface area (Å²) in [6.07, 6.45) is 1.71. The monoisotopic (exact) mass is 240 g/mol. The van der Waals surface area contributed by atoms with Crippen molar-refractivity contribution >= 4 is 11.6 Å². The van der Waals surface area contributed by atoms with E-state index in [1.54, 1.807) is 12.1 Å². The maximum absolute atomic E-state index is 13.5. The molecule has 0 aliphatic carbocycles. The number of hydrogen-bond donors (Lipinski definition) is 2. The summed E-state index contributed by atoms with van der Waals surface area (Å²) < 4.78 is 13.5. The second-order valence-corrected chi connectivity index (χ2v) is 3.85. The topological polar surface area (TPSA) is 67.6 Å². The number of nitrogens with two attached hydrogens (primary N) is 1. The molecule has 0 radical (unpaired) electrons. The minimum absolute atomic E-state index is 0.345. The van der Waals surface area contributed by atoms with E-state index in [-0.39, 0.29) is 5.82 Å². The zero-order chi connectivity index (χ0) is 11.5. The fourth-order valence-corrected chi connectivity index (χ4v) is 1.57. The van der Waals surface area contributed by atoms with E-state index in [4.69, 9.17) is 17.3 Å². The largest absolute Gasteiger partial charge is 0.321 e. The van der Waals surface area contributed by atoms with Gasteiger partial charge >= 0.3 is 0 Å². The van der Waals surface area contributed by atoms with Crippen LogP contribution in [0.4, 0.5) is 4.39 Å². The minimum atomic E-state index is -0.404. The summed E-state index contributed by atoms with van der Waals surface area (Å²) in [7, 11) is 0. The van der Waals surface area contributed by atoms with Gasteiger partial charge < -0.3 is 5.73 Å². The molecule has 6 heteroatoms. The van der Waals surface area contributed by atoms with E-state index in [1.807, 2.05) is 0 Å². The average Bonchev–Trinajstić information content (AvgIpc) is 2.75. The Balaban J connectivity index is 2.15. The molecule has 0 aliphatic rings. The van der Waals surface area contributed by atoms with E-state index >= 15 is 0 Å². The smallest absolute Gasteiger partial charge is 0.141 e. The van der Waals surface area contributed by atoms with E-state index in [0.29, 0.717) is 22.8 Å². The standard InChI is InChI=1S/C10H10ClFN4/c11-7-2-1-6(8(12)4-7)3-9(13)10-14-5-15-16-10/h1-2,4-5,9H,3,13H2,(H,14,15,16). The molecule has 1 atom stereocenters. The molecule has 16 heavy (non-hydrogen) atoms. The molecule has 0 aliphatic heterocycles. The molecule has 0 amide bonds. The molecular formula is C10H10ClFN4. The predicted octanol–water partition coefficient (Wildman–Crippen LogP) is 1.84. The molecule has 3 N–H and O–H groups in total. The summed E-state index contributed by atoms with van der Waals surface area (Å²) in [6, 6.07) is 4.11. The highest BCUT2D eigenvalue weighted by Gasteiger charge is 2.12. The molecule has 0 bridgehead atoms.